The maximum atomic E-state index is 12.0. The van der Waals surface area contributed by atoms with Crippen LogP contribution in [0.2, 0.25) is 0 Å². The quantitative estimate of drug-likeness (QED) is 0.783. The number of nitrogens with zero attached hydrogens (tertiary/aromatic N) is 4. The van der Waals surface area contributed by atoms with E-state index in [0.717, 1.165) is 31.7 Å². The lowest BCUT2D eigenvalue weighted by Gasteiger charge is -2.36. The Morgan fingerprint density at radius 3 is 2.54 bits per heavy atom. The van der Waals surface area contributed by atoms with Crippen LogP contribution in [0.1, 0.15) is 11.3 Å². The predicted octanol–water partition coefficient (Wildman–Crippen LogP) is 2.03. The van der Waals surface area contributed by atoms with Gasteiger partial charge in [0, 0.05) is 61.9 Å². The van der Waals surface area contributed by atoms with Crippen LogP contribution in [0.4, 0.5) is 5.69 Å². The Morgan fingerprint density at radius 2 is 1.81 bits per heavy atom. The second-order valence-corrected chi connectivity index (χ2v) is 6.72. The Hall–Kier alpha value is -2.86. The molecule has 0 atom stereocenters. The van der Waals surface area contributed by atoms with Gasteiger partial charge in [-0.1, -0.05) is 18.2 Å². The van der Waals surface area contributed by atoms with E-state index in [1.54, 1.807) is 13.1 Å². The maximum absolute atomic E-state index is 12.0. The van der Waals surface area contributed by atoms with Crippen LogP contribution in [0.5, 0.6) is 5.75 Å². The summed E-state index contributed by atoms with van der Waals surface area (Å²) in [5.41, 5.74) is 2.82. The summed E-state index contributed by atoms with van der Waals surface area (Å²) >= 11 is 0. The minimum atomic E-state index is -0.175. The SMILES string of the molecule is Cc1cc(=O)n2ccc(CN3CCN(c4ccccc4)CC3)c(O)c2n1. The van der Waals surface area contributed by atoms with Gasteiger partial charge in [-0.15, -0.1) is 0 Å². The van der Waals surface area contributed by atoms with Crippen LogP contribution in [-0.2, 0) is 6.54 Å². The lowest BCUT2D eigenvalue weighted by molar-refractivity contribution is 0.247. The van der Waals surface area contributed by atoms with E-state index in [1.807, 2.05) is 12.1 Å². The summed E-state index contributed by atoms with van der Waals surface area (Å²) in [5.74, 6) is 0.0961. The van der Waals surface area contributed by atoms with Crippen molar-refractivity contribution < 1.29 is 5.11 Å². The Labute approximate surface area is 151 Å². The summed E-state index contributed by atoms with van der Waals surface area (Å²) in [5, 5.41) is 10.6. The van der Waals surface area contributed by atoms with Gasteiger partial charge < -0.3 is 10.0 Å². The second-order valence-electron chi connectivity index (χ2n) is 6.72. The first-order valence-electron chi connectivity index (χ1n) is 8.85. The number of aromatic nitrogens is 2. The number of fused-ring (bicyclic) bond motifs is 1. The van der Waals surface area contributed by atoms with Crippen molar-refractivity contribution in [2.24, 2.45) is 0 Å². The highest BCUT2D eigenvalue weighted by Crippen LogP contribution is 2.24. The normalized spacial score (nSPS) is 15.5. The van der Waals surface area contributed by atoms with E-state index in [1.165, 1.54) is 16.2 Å². The van der Waals surface area contributed by atoms with Crippen LogP contribution >= 0.6 is 0 Å². The highest BCUT2D eigenvalue weighted by Gasteiger charge is 2.19. The fourth-order valence-electron chi connectivity index (χ4n) is 3.48. The number of hydrogen-bond donors (Lipinski definition) is 1. The zero-order chi connectivity index (χ0) is 18.1. The number of aromatic hydroxyl groups is 1. The summed E-state index contributed by atoms with van der Waals surface area (Å²) < 4.78 is 1.39. The minimum Gasteiger partial charge on any atom is -0.504 e. The molecule has 0 spiro atoms. The van der Waals surface area contributed by atoms with E-state index in [0.29, 0.717) is 17.9 Å². The molecule has 0 amide bonds. The van der Waals surface area contributed by atoms with Crippen molar-refractivity contribution in [3.05, 3.63) is 70.3 Å². The van der Waals surface area contributed by atoms with Gasteiger partial charge >= 0.3 is 0 Å². The van der Waals surface area contributed by atoms with Crippen molar-refractivity contribution in [2.45, 2.75) is 13.5 Å². The number of pyridine rings is 1. The van der Waals surface area contributed by atoms with Crippen LogP contribution in [0, 0.1) is 6.92 Å². The Balaban J connectivity index is 1.50. The summed E-state index contributed by atoms with van der Waals surface area (Å²) in [6, 6.07) is 13.7. The zero-order valence-corrected chi connectivity index (χ0v) is 14.8. The minimum absolute atomic E-state index is 0.0961. The van der Waals surface area contributed by atoms with Crippen LogP contribution in [-0.4, -0.2) is 45.6 Å². The van der Waals surface area contributed by atoms with Gasteiger partial charge in [-0.05, 0) is 25.1 Å². The van der Waals surface area contributed by atoms with Crippen LogP contribution in [0.15, 0.2) is 53.5 Å². The summed E-state index contributed by atoms with van der Waals surface area (Å²) in [6.45, 7) is 6.16. The molecule has 1 aliphatic rings. The average Bonchev–Trinajstić information content (AvgIpc) is 2.66. The average molecular weight is 350 g/mol. The van der Waals surface area contributed by atoms with Crippen LogP contribution < -0.4 is 10.5 Å². The van der Waals surface area contributed by atoms with Gasteiger partial charge in [0.2, 0.25) is 0 Å². The molecule has 0 radical (unpaired) electrons. The van der Waals surface area contributed by atoms with E-state index in [-0.39, 0.29) is 11.3 Å². The number of piperazine rings is 1. The first-order valence-corrected chi connectivity index (χ1v) is 8.85. The lowest BCUT2D eigenvalue weighted by Crippen LogP contribution is -2.45. The smallest absolute Gasteiger partial charge is 0.258 e. The summed E-state index contributed by atoms with van der Waals surface area (Å²) in [4.78, 5) is 21.0. The third-order valence-corrected chi connectivity index (χ3v) is 4.91. The Kier molecular flexibility index (Phi) is 4.34. The first-order chi connectivity index (χ1) is 12.6. The molecule has 1 aromatic carbocycles. The molecule has 0 bridgehead atoms. The van der Waals surface area contributed by atoms with E-state index in [9.17, 15) is 9.90 Å². The van der Waals surface area contributed by atoms with Gasteiger partial charge in [0.1, 0.15) is 0 Å². The van der Waals surface area contributed by atoms with Gasteiger partial charge in [-0.3, -0.25) is 14.1 Å². The van der Waals surface area contributed by atoms with Gasteiger partial charge in [0.05, 0.1) is 0 Å². The Morgan fingerprint density at radius 1 is 1.08 bits per heavy atom. The van der Waals surface area contributed by atoms with Gasteiger partial charge in [0.25, 0.3) is 5.56 Å². The number of hydrogen-bond acceptors (Lipinski definition) is 5. The molecule has 1 fully saturated rings. The van der Waals surface area contributed by atoms with E-state index >= 15 is 0 Å². The number of anilines is 1. The molecular formula is C20H22N4O2. The Bertz CT molecular complexity index is 976. The molecule has 6 heteroatoms. The monoisotopic (exact) mass is 350 g/mol. The summed E-state index contributed by atoms with van der Waals surface area (Å²) in [7, 11) is 0. The topological polar surface area (TPSA) is 61.1 Å². The van der Waals surface area contributed by atoms with Crippen molar-refractivity contribution in [1.82, 2.24) is 14.3 Å². The molecule has 0 unspecified atom stereocenters. The van der Waals surface area contributed by atoms with Crippen molar-refractivity contribution in [3.63, 3.8) is 0 Å². The second kappa shape index (κ2) is 6.80. The number of benzene rings is 1. The lowest BCUT2D eigenvalue weighted by atomic mass is 10.2. The highest BCUT2D eigenvalue weighted by molar-refractivity contribution is 5.57. The molecule has 6 nitrogen and oxygen atoms in total. The third kappa shape index (κ3) is 3.15. The molecule has 134 valence electrons. The van der Waals surface area contributed by atoms with Crippen molar-refractivity contribution in [1.29, 1.82) is 0 Å². The molecule has 0 saturated carbocycles. The number of aryl methyl sites for hydroxylation is 1. The maximum Gasteiger partial charge on any atom is 0.258 e. The molecule has 26 heavy (non-hydrogen) atoms. The molecular weight excluding hydrogens is 328 g/mol. The zero-order valence-electron chi connectivity index (χ0n) is 14.8. The van der Waals surface area contributed by atoms with Crippen LogP contribution in [0.25, 0.3) is 5.65 Å². The molecule has 0 aliphatic carbocycles. The highest BCUT2D eigenvalue weighted by atomic mass is 16.3. The molecule has 3 aromatic rings. The predicted molar refractivity (Wildman–Crippen MR) is 102 cm³/mol. The fraction of sp³-hybridized carbons (Fsp3) is 0.300. The third-order valence-electron chi connectivity index (χ3n) is 4.91. The molecule has 1 N–H and O–H groups in total. The molecule has 4 rings (SSSR count). The van der Waals surface area contributed by atoms with Crippen molar-refractivity contribution in [2.75, 3.05) is 31.1 Å². The first kappa shape index (κ1) is 16.6. The molecule has 1 saturated heterocycles. The van der Waals surface area contributed by atoms with Crippen LogP contribution in [0.3, 0.4) is 0 Å². The molecule has 2 aromatic heterocycles. The largest absolute Gasteiger partial charge is 0.504 e. The van der Waals surface area contributed by atoms with E-state index < -0.39 is 0 Å². The van der Waals surface area contributed by atoms with Gasteiger partial charge in [-0.25, -0.2) is 4.98 Å². The molecule has 1 aliphatic heterocycles. The van der Waals surface area contributed by atoms with Gasteiger partial charge in [-0.2, -0.15) is 0 Å². The number of para-hydroxylation sites is 1. The fourth-order valence-corrected chi connectivity index (χ4v) is 3.48. The van der Waals surface area contributed by atoms with Crippen molar-refractivity contribution in [3.8, 4) is 5.75 Å². The van der Waals surface area contributed by atoms with Crippen molar-refractivity contribution >= 4 is 11.3 Å². The standard InChI is InChI=1S/C20H22N4O2/c1-15-13-18(25)24-8-7-16(19(26)20(24)21-15)14-22-9-11-23(12-10-22)17-5-3-2-4-6-17/h2-8,13,26H,9-12,14H2,1H3. The van der Waals surface area contributed by atoms with E-state index in [2.05, 4.69) is 39.0 Å². The number of rotatable bonds is 3. The molecule has 3 heterocycles. The van der Waals surface area contributed by atoms with E-state index in [4.69, 9.17) is 0 Å². The van der Waals surface area contributed by atoms with Gasteiger partial charge in [0.15, 0.2) is 11.4 Å². The summed E-state index contributed by atoms with van der Waals surface area (Å²) in [6.07, 6.45) is 1.69.